The summed E-state index contributed by atoms with van der Waals surface area (Å²) in [6, 6.07) is 22.9. The number of carbonyl (C=O) groups is 1. The fourth-order valence-corrected chi connectivity index (χ4v) is 5.73. The maximum Gasteiger partial charge on any atom is 0.196 e. The number of ketones is 1. The first-order valence-electron chi connectivity index (χ1n) is 13.5. The molecule has 2 heterocycles. The second-order valence-electron chi connectivity index (χ2n) is 10.2. The Bertz CT molecular complexity index is 1750. The maximum absolute atomic E-state index is 13.8. The number of hydrogen-bond donors (Lipinski definition) is 1. The number of carbonyl (C=O) groups excluding carboxylic acids is 1. The van der Waals surface area contributed by atoms with Crippen molar-refractivity contribution in [2.45, 2.75) is 0 Å². The predicted molar refractivity (Wildman–Crippen MR) is 158 cm³/mol. The lowest BCUT2D eigenvalue weighted by atomic mass is 9.86. The third kappa shape index (κ3) is 4.79. The Morgan fingerprint density at radius 3 is 2.44 bits per heavy atom. The number of piperazine rings is 1. The van der Waals surface area contributed by atoms with Crippen molar-refractivity contribution in [3.05, 3.63) is 101 Å². The van der Waals surface area contributed by atoms with Crippen LogP contribution in [-0.4, -0.2) is 55.2 Å². The van der Waals surface area contributed by atoms with Gasteiger partial charge in [0.15, 0.2) is 11.5 Å². The molecule has 0 atom stereocenters. The van der Waals surface area contributed by atoms with E-state index in [0.29, 0.717) is 50.8 Å². The molecular weight excluding hydrogens is 543 g/mol. The number of nitrogens with zero attached hydrogens (tertiary/aromatic N) is 3. The highest BCUT2D eigenvalue weighted by Crippen LogP contribution is 2.46. The Morgan fingerprint density at radius 1 is 0.951 bits per heavy atom. The van der Waals surface area contributed by atoms with Crippen LogP contribution in [0.1, 0.15) is 15.9 Å². The quantitative estimate of drug-likeness (QED) is 0.228. The summed E-state index contributed by atoms with van der Waals surface area (Å²) < 4.78 is 25.4. The molecule has 7 nitrogen and oxygen atoms in total. The van der Waals surface area contributed by atoms with Gasteiger partial charge in [0, 0.05) is 54.6 Å². The molecule has 4 aromatic carbocycles. The molecule has 0 saturated carbocycles. The lowest BCUT2D eigenvalue weighted by Crippen LogP contribution is -2.47. The SMILES string of the molecule is O=C1c2ccccc2-c2onc3c(N4CCN(CCOc5ccc(Cl)cc5)CC4)cc(Nc4ccc(F)cc4)c1c23. The summed E-state index contributed by atoms with van der Waals surface area (Å²) in [7, 11) is 0. The summed E-state index contributed by atoms with van der Waals surface area (Å²) in [4.78, 5) is 18.4. The molecule has 0 radical (unpaired) electrons. The Kier molecular flexibility index (Phi) is 6.57. The van der Waals surface area contributed by atoms with Gasteiger partial charge in [-0.15, -0.1) is 0 Å². The fourth-order valence-electron chi connectivity index (χ4n) is 5.61. The minimum Gasteiger partial charge on any atom is -0.492 e. The molecule has 41 heavy (non-hydrogen) atoms. The van der Waals surface area contributed by atoms with E-state index in [4.69, 9.17) is 20.9 Å². The first kappa shape index (κ1) is 25.6. The van der Waals surface area contributed by atoms with Crippen LogP contribution < -0.4 is 15.0 Å². The van der Waals surface area contributed by atoms with Crippen LogP contribution in [0.4, 0.5) is 21.5 Å². The number of halogens is 2. The van der Waals surface area contributed by atoms with E-state index in [9.17, 15) is 9.18 Å². The normalized spacial score (nSPS) is 14.8. The molecule has 0 bridgehead atoms. The Balaban J connectivity index is 1.17. The van der Waals surface area contributed by atoms with Crippen molar-refractivity contribution in [3.8, 4) is 17.1 Å². The average Bonchev–Trinajstić information content (AvgIpc) is 3.44. The van der Waals surface area contributed by atoms with E-state index in [-0.39, 0.29) is 11.6 Å². The number of aromatic nitrogens is 1. The van der Waals surface area contributed by atoms with Crippen LogP contribution in [0.5, 0.6) is 5.75 Å². The van der Waals surface area contributed by atoms with Crippen molar-refractivity contribution in [3.63, 3.8) is 0 Å². The van der Waals surface area contributed by atoms with Crippen LogP contribution in [-0.2, 0) is 0 Å². The van der Waals surface area contributed by atoms with E-state index in [1.807, 2.05) is 48.5 Å². The topological polar surface area (TPSA) is 70.8 Å². The van der Waals surface area contributed by atoms with Crippen LogP contribution in [0.15, 0.2) is 83.4 Å². The number of hydrogen-bond acceptors (Lipinski definition) is 7. The van der Waals surface area contributed by atoms with Gasteiger partial charge in [-0.3, -0.25) is 9.69 Å². The largest absolute Gasteiger partial charge is 0.492 e. The minimum absolute atomic E-state index is 0.0945. The molecule has 1 saturated heterocycles. The van der Waals surface area contributed by atoms with Gasteiger partial charge in [-0.05, 0) is 54.6 Å². The molecule has 7 rings (SSSR count). The number of nitrogens with one attached hydrogen (secondary N) is 1. The van der Waals surface area contributed by atoms with Crippen molar-refractivity contribution in [2.75, 3.05) is 49.5 Å². The number of benzene rings is 4. The van der Waals surface area contributed by atoms with Gasteiger partial charge in [0.05, 0.1) is 22.3 Å². The van der Waals surface area contributed by atoms with E-state index < -0.39 is 0 Å². The van der Waals surface area contributed by atoms with Gasteiger partial charge >= 0.3 is 0 Å². The minimum atomic E-state index is -0.323. The molecule has 1 aromatic heterocycles. The van der Waals surface area contributed by atoms with Crippen LogP contribution in [0, 0.1) is 5.82 Å². The average molecular weight is 569 g/mol. The van der Waals surface area contributed by atoms with Crippen LogP contribution in [0.25, 0.3) is 22.2 Å². The molecule has 1 fully saturated rings. The monoisotopic (exact) mass is 568 g/mol. The fraction of sp³-hybridized carbons (Fsp3) is 0.188. The molecule has 1 N–H and O–H groups in total. The summed E-state index contributed by atoms with van der Waals surface area (Å²) >= 11 is 5.96. The molecule has 5 aromatic rings. The summed E-state index contributed by atoms with van der Waals surface area (Å²) in [5, 5.41) is 9.24. The van der Waals surface area contributed by atoms with E-state index in [2.05, 4.69) is 20.3 Å². The highest BCUT2D eigenvalue weighted by molar-refractivity contribution is 6.30. The molecule has 9 heteroatoms. The highest BCUT2D eigenvalue weighted by atomic mass is 35.5. The lowest BCUT2D eigenvalue weighted by molar-refractivity contribution is 0.104. The van der Waals surface area contributed by atoms with Gasteiger partial charge < -0.3 is 19.5 Å². The van der Waals surface area contributed by atoms with Crippen molar-refractivity contribution in [1.82, 2.24) is 10.1 Å². The van der Waals surface area contributed by atoms with Gasteiger partial charge in [-0.1, -0.05) is 41.0 Å². The number of fused-ring (bicyclic) bond motifs is 2. The first-order chi connectivity index (χ1) is 20.0. The molecule has 0 spiro atoms. The zero-order valence-corrected chi connectivity index (χ0v) is 22.8. The summed E-state index contributed by atoms with van der Waals surface area (Å²) in [6.07, 6.45) is 0. The third-order valence-electron chi connectivity index (χ3n) is 7.70. The molecule has 0 unspecified atom stereocenters. The number of anilines is 3. The second kappa shape index (κ2) is 10.5. The lowest BCUT2D eigenvalue weighted by Gasteiger charge is -2.36. The van der Waals surface area contributed by atoms with Gasteiger partial charge in [-0.25, -0.2) is 4.39 Å². The van der Waals surface area contributed by atoms with Crippen molar-refractivity contribution in [2.24, 2.45) is 0 Å². The first-order valence-corrected chi connectivity index (χ1v) is 13.9. The van der Waals surface area contributed by atoms with Gasteiger partial charge in [-0.2, -0.15) is 0 Å². The standard InChI is InChI=1S/C32H26ClFN4O3/c33-20-5-11-23(12-6-20)40-18-17-37-13-15-38(16-14-37)27-19-26(35-22-9-7-21(34)8-10-22)28-29-30(27)36-41-32(29)25-4-2-1-3-24(25)31(28)39/h1-12,19,35H,13-18H2. The van der Waals surface area contributed by atoms with E-state index in [1.54, 1.807) is 18.2 Å². The van der Waals surface area contributed by atoms with Crippen LogP contribution in [0.2, 0.25) is 5.02 Å². The van der Waals surface area contributed by atoms with Crippen LogP contribution >= 0.6 is 11.6 Å². The van der Waals surface area contributed by atoms with Gasteiger partial charge in [0.1, 0.15) is 23.7 Å². The van der Waals surface area contributed by atoms with Gasteiger partial charge in [0.2, 0.25) is 0 Å². The zero-order chi connectivity index (χ0) is 27.9. The zero-order valence-electron chi connectivity index (χ0n) is 22.1. The predicted octanol–water partition coefficient (Wildman–Crippen LogP) is 6.78. The van der Waals surface area contributed by atoms with Gasteiger partial charge in [0.25, 0.3) is 0 Å². The Morgan fingerprint density at radius 2 is 1.68 bits per heavy atom. The molecule has 1 aliphatic heterocycles. The number of ether oxygens (including phenoxy) is 1. The Hall–Kier alpha value is -4.40. The van der Waals surface area contributed by atoms with E-state index in [1.165, 1.54) is 12.1 Å². The summed E-state index contributed by atoms with van der Waals surface area (Å²) in [5.74, 6) is 0.974. The number of rotatable bonds is 7. The van der Waals surface area contributed by atoms with Crippen LogP contribution in [0.3, 0.4) is 0 Å². The molecule has 1 aliphatic carbocycles. The molecular formula is C32H26ClFN4O3. The Labute approximate surface area is 241 Å². The van der Waals surface area contributed by atoms with Crippen molar-refractivity contribution >= 4 is 45.3 Å². The van der Waals surface area contributed by atoms with E-state index in [0.717, 1.165) is 49.7 Å². The van der Waals surface area contributed by atoms with E-state index >= 15 is 0 Å². The summed E-state index contributed by atoms with van der Waals surface area (Å²) in [6.45, 7) is 4.64. The molecule has 206 valence electrons. The molecule has 0 amide bonds. The van der Waals surface area contributed by atoms with Crippen molar-refractivity contribution in [1.29, 1.82) is 0 Å². The molecule has 2 aliphatic rings. The smallest absolute Gasteiger partial charge is 0.196 e. The summed E-state index contributed by atoms with van der Waals surface area (Å²) in [5.41, 5.74) is 4.71. The van der Waals surface area contributed by atoms with Crippen molar-refractivity contribution < 1.29 is 18.4 Å². The maximum atomic E-state index is 13.8. The highest BCUT2D eigenvalue weighted by Gasteiger charge is 2.34. The third-order valence-corrected chi connectivity index (χ3v) is 7.96. The second-order valence-corrected chi connectivity index (χ2v) is 10.6.